The number of aromatic nitrogens is 6. The summed E-state index contributed by atoms with van der Waals surface area (Å²) in [4.78, 5) is 20.7. The SMILES string of the molecule is C=C(C)OC(O)CSc1nc(SCC(O)OC(=C)C)nc(SC(O)OC(=C)C)n1.C=C(C)OCC1CO1.S=c1[nH]c(=S)[nH]c(=S)[nH]1. The van der Waals surface area contributed by atoms with Crippen molar-refractivity contribution in [3.05, 3.63) is 63.7 Å². The Labute approximate surface area is 295 Å². The molecule has 0 amide bonds. The van der Waals surface area contributed by atoms with Crippen LogP contribution in [0, 0.1) is 14.3 Å². The number of allylic oxidation sites excluding steroid dienone is 4. The lowest BCUT2D eigenvalue weighted by molar-refractivity contribution is -0.0448. The van der Waals surface area contributed by atoms with Gasteiger partial charge in [-0.3, -0.25) is 0 Å². The minimum absolute atomic E-state index is 0.150. The van der Waals surface area contributed by atoms with Gasteiger partial charge in [0.15, 0.2) is 29.8 Å². The monoisotopic (exact) mass is 754 g/mol. The van der Waals surface area contributed by atoms with Crippen LogP contribution in [0.4, 0.5) is 0 Å². The molecule has 2 aromatic rings. The molecule has 2 aromatic heterocycles. The zero-order chi connectivity index (χ0) is 34.8. The van der Waals surface area contributed by atoms with Crippen molar-refractivity contribution < 1.29 is 39.0 Å². The van der Waals surface area contributed by atoms with E-state index in [9.17, 15) is 15.3 Å². The van der Waals surface area contributed by atoms with Crippen LogP contribution >= 0.6 is 71.9 Å². The maximum atomic E-state index is 9.92. The van der Waals surface area contributed by atoms with Gasteiger partial charge in [0.05, 0.1) is 41.1 Å². The third-order valence-corrected chi connectivity index (χ3v) is 7.15. The number of hydrogen-bond donors (Lipinski definition) is 6. The zero-order valence-corrected chi connectivity index (χ0v) is 30.5. The van der Waals surface area contributed by atoms with Crippen LogP contribution in [0.1, 0.15) is 27.7 Å². The van der Waals surface area contributed by atoms with E-state index >= 15 is 0 Å². The fourth-order valence-corrected chi connectivity index (χ4v) is 5.39. The number of thioether (sulfide) groups is 3. The van der Waals surface area contributed by atoms with E-state index < -0.39 is 18.2 Å². The van der Waals surface area contributed by atoms with E-state index in [0.717, 1.165) is 47.7 Å². The molecule has 3 heterocycles. The van der Waals surface area contributed by atoms with Crippen molar-refractivity contribution >= 4 is 71.9 Å². The van der Waals surface area contributed by atoms with Crippen molar-refractivity contribution in [3.63, 3.8) is 0 Å². The summed E-state index contributed by atoms with van der Waals surface area (Å²) in [5.41, 5.74) is -1.25. The fraction of sp³-hybridized carbons (Fsp3) is 0.462. The summed E-state index contributed by atoms with van der Waals surface area (Å²) in [6.45, 7) is 22.5. The van der Waals surface area contributed by atoms with Crippen LogP contribution < -0.4 is 0 Å². The van der Waals surface area contributed by atoms with Gasteiger partial charge in [-0.05, 0) is 76.1 Å². The highest BCUT2D eigenvalue weighted by atomic mass is 32.2. The molecule has 4 atom stereocenters. The second-order valence-corrected chi connectivity index (χ2v) is 13.1. The van der Waals surface area contributed by atoms with Crippen LogP contribution in [-0.4, -0.2) is 94.2 Å². The Kier molecular flexibility index (Phi) is 20.3. The van der Waals surface area contributed by atoms with Gasteiger partial charge < -0.3 is 54.0 Å². The summed E-state index contributed by atoms with van der Waals surface area (Å²) >= 11 is 17.3. The average molecular weight is 755 g/mol. The molecule has 14 nitrogen and oxygen atoms in total. The average Bonchev–Trinajstić information content (AvgIpc) is 3.73. The van der Waals surface area contributed by atoms with E-state index in [1.165, 1.54) is 0 Å². The Morgan fingerprint density at radius 1 is 0.761 bits per heavy atom. The minimum atomic E-state index is -1.25. The molecule has 0 saturated carbocycles. The first-order valence-corrected chi connectivity index (χ1v) is 17.1. The second kappa shape index (κ2) is 22.3. The van der Waals surface area contributed by atoms with Gasteiger partial charge in [0, 0.05) is 0 Å². The molecule has 1 aliphatic heterocycles. The maximum absolute atomic E-state index is 9.92. The minimum Gasteiger partial charge on any atom is -0.496 e. The Bertz CT molecular complexity index is 1360. The molecule has 0 aliphatic carbocycles. The topological polar surface area (TPSA) is 196 Å². The summed E-state index contributed by atoms with van der Waals surface area (Å²) in [6, 6.07) is 0. The summed E-state index contributed by atoms with van der Waals surface area (Å²) < 4.78 is 26.5. The molecule has 0 radical (unpaired) electrons. The molecule has 0 aromatic carbocycles. The maximum Gasteiger partial charge on any atom is 0.254 e. The molecule has 1 aliphatic rings. The van der Waals surface area contributed by atoms with Crippen LogP contribution in [0.2, 0.25) is 0 Å². The first kappa shape index (κ1) is 41.8. The first-order valence-electron chi connectivity index (χ1n) is 13.0. The molecular weight excluding hydrogens is 717 g/mol. The molecular formula is C26H38N6O8S6. The highest BCUT2D eigenvalue weighted by molar-refractivity contribution is 8.00. The fourth-order valence-electron chi connectivity index (χ4n) is 2.42. The van der Waals surface area contributed by atoms with E-state index in [1.54, 1.807) is 20.8 Å². The number of nitrogens with zero attached hydrogens (tertiary/aromatic N) is 3. The van der Waals surface area contributed by atoms with Crippen LogP contribution in [0.3, 0.4) is 0 Å². The smallest absolute Gasteiger partial charge is 0.254 e. The Hall–Kier alpha value is -2.27. The number of aliphatic hydroxyl groups is 3. The van der Waals surface area contributed by atoms with Gasteiger partial charge in [0.25, 0.3) is 5.62 Å². The zero-order valence-electron chi connectivity index (χ0n) is 25.6. The highest BCUT2D eigenvalue weighted by Gasteiger charge is 2.22. The molecule has 3 rings (SSSR count). The first-order chi connectivity index (χ1) is 21.5. The van der Waals surface area contributed by atoms with E-state index in [0.29, 0.717) is 54.6 Å². The Balaban J connectivity index is 0.000000497. The summed E-state index contributed by atoms with van der Waals surface area (Å²) in [6.07, 6.45) is -1.80. The van der Waals surface area contributed by atoms with Crippen molar-refractivity contribution in [3.8, 4) is 0 Å². The Morgan fingerprint density at radius 2 is 1.15 bits per heavy atom. The summed E-state index contributed by atoms with van der Waals surface area (Å²) in [5.74, 6) is 2.17. The van der Waals surface area contributed by atoms with Crippen molar-refractivity contribution in [1.82, 2.24) is 29.9 Å². The lowest BCUT2D eigenvalue weighted by atomic mass is 10.5. The number of H-pyrrole nitrogens is 3. The molecule has 4 unspecified atom stereocenters. The van der Waals surface area contributed by atoms with E-state index in [-0.39, 0.29) is 16.7 Å². The van der Waals surface area contributed by atoms with Crippen LogP contribution in [0.15, 0.2) is 64.8 Å². The predicted molar refractivity (Wildman–Crippen MR) is 185 cm³/mol. The third kappa shape index (κ3) is 22.3. The van der Waals surface area contributed by atoms with Crippen molar-refractivity contribution in [2.24, 2.45) is 0 Å². The molecule has 46 heavy (non-hydrogen) atoms. The molecule has 1 saturated heterocycles. The van der Waals surface area contributed by atoms with Gasteiger partial charge in [-0.1, -0.05) is 49.8 Å². The van der Waals surface area contributed by atoms with E-state index in [1.807, 2.05) is 6.92 Å². The molecule has 20 heteroatoms. The second-order valence-electron chi connectivity index (χ2n) is 8.93. The third-order valence-electron chi connectivity index (χ3n) is 4.07. The molecule has 256 valence electrons. The standard InChI is InChI=1S/C17H25N3O6S3.C6H10O2.C3H3N3S3/c1-9(2)24-12(21)7-27-14-18-15(28-8-13(22)25-10(3)4)20-16(19-14)29-17(23)26-11(5)6;1-5(2)7-3-6-4-8-6;7-1-4-2(8)6-3(9)5-1/h12-13,17,21-23H,1,3,5,7-8H2,2,4,6H3;6H,1,3-4H2,2H3;(H3,4,5,6,7,8,9). The molecule has 0 spiro atoms. The lowest BCUT2D eigenvalue weighted by Crippen LogP contribution is -2.15. The normalized spacial score (nSPS) is 14.9. The van der Waals surface area contributed by atoms with E-state index in [2.05, 4.69) is 56.2 Å². The van der Waals surface area contributed by atoms with Gasteiger partial charge in [0.2, 0.25) is 12.6 Å². The van der Waals surface area contributed by atoms with Crippen molar-refractivity contribution in [1.29, 1.82) is 0 Å². The van der Waals surface area contributed by atoms with Crippen LogP contribution in [-0.2, 0) is 23.7 Å². The van der Waals surface area contributed by atoms with Gasteiger partial charge in [0.1, 0.15) is 12.7 Å². The summed E-state index contributed by atoms with van der Waals surface area (Å²) in [7, 11) is 0. The van der Waals surface area contributed by atoms with E-state index in [4.69, 9.17) is 60.3 Å². The lowest BCUT2D eigenvalue weighted by Gasteiger charge is -2.14. The van der Waals surface area contributed by atoms with Gasteiger partial charge in [-0.25, -0.2) is 0 Å². The predicted octanol–water partition coefficient (Wildman–Crippen LogP) is 5.51. The Morgan fingerprint density at radius 3 is 1.50 bits per heavy atom. The largest absolute Gasteiger partial charge is 0.496 e. The number of aromatic amines is 3. The molecule has 0 bridgehead atoms. The number of nitrogens with one attached hydrogen (secondary N) is 3. The van der Waals surface area contributed by atoms with Gasteiger partial charge in [-0.2, -0.15) is 15.0 Å². The van der Waals surface area contributed by atoms with Gasteiger partial charge >= 0.3 is 0 Å². The number of rotatable bonds is 17. The summed E-state index contributed by atoms with van der Waals surface area (Å²) in [5, 5.41) is 30.3. The number of hydrogen-bond acceptors (Lipinski definition) is 17. The van der Waals surface area contributed by atoms with Gasteiger partial charge in [-0.15, -0.1) is 0 Å². The van der Waals surface area contributed by atoms with Crippen molar-refractivity contribution in [2.75, 3.05) is 24.7 Å². The van der Waals surface area contributed by atoms with Crippen LogP contribution in [0.25, 0.3) is 0 Å². The van der Waals surface area contributed by atoms with Crippen molar-refractivity contribution in [2.45, 2.75) is 67.5 Å². The molecule has 6 N–H and O–H groups in total. The highest BCUT2D eigenvalue weighted by Crippen LogP contribution is 2.27. The number of epoxide rings is 1. The van der Waals surface area contributed by atoms with Crippen LogP contribution in [0.5, 0.6) is 0 Å². The molecule has 1 fully saturated rings. The number of aliphatic hydroxyl groups excluding tert-OH is 3. The number of ether oxygens (including phenoxy) is 5. The quantitative estimate of drug-likeness (QED) is 0.0389.